The van der Waals surface area contributed by atoms with Gasteiger partial charge in [-0.2, -0.15) is 0 Å². The Morgan fingerprint density at radius 1 is 0.871 bits per heavy atom. The lowest BCUT2D eigenvalue weighted by atomic mass is 10.0. The number of aliphatic imine (C=N–C) groups is 2. The molecule has 1 heterocycles. The van der Waals surface area contributed by atoms with Gasteiger partial charge in [0.1, 0.15) is 11.7 Å². The molecule has 0 bridgehead atoms. The molecule has 1 saturated carbocycles. The predicted molar refractivity (Wildman–Crippen MR) is 136 cm³/mol. The summed E-state index contributed by atoms with van der Waals surface area (Å²) in [6, 6.07) is 18.3. The summed E-state index contributed by atoms with van der Waals surface area (Å²) in [5.74, 6) is 1.60. The van der Waals surface area contributed by atoms with Crippen LogP contribution in [0.15, 0.2) is 102 Å². The number of allylic oxidation sites excluding steroid dienone is 2. The normalized spacial score (nSPS) is 17.1. The fourth-order valence-electron chi connectivity index (χ4n) is 2.93. The van der Waals surface area contributed by atoms with Gasteiger partial charge < -0.3 is 5.32 Å². The van der Waals surface area contributed by atoms with Gasteiger partial charge in [0.25, 0.3) is 0 Å². The maximum Gasteiger partial charge on any atom is 0.169 e. The molecule has 0 radical (unpaired) electrons. The molecule has 162 valence electrons. The Morgan fingerprint density at radius 3 is 1.97 bits per heavy atom. The molecular weight excluding hydrogens is 378 g/mol. The third-order valence-corrected chi connectivity index (χ3v) is 4.92. The van der Waals surface area contributed by atoms with E-state index in [1.165, 1.54) is 31.2 Å². The van der Waals surface area contributed by atoms with E-state index in [9.17, 15) is 0 Å². The summed E-state index contributed by atoms with van der Waals surface area (Å²) in [6.07, 6.45) is 11.1. The first-order chi connectivity index (χ1) is 15.2. The lowest BCUT2D eigenvalue weighted by Gasteiger charge is -2.22. The Balaban J connectivity index is 0.000000499. The SMILES string of the molecule is C1CCC1.C=C/C=C(\C=C)C1N=C(c2ccccc2)NC(c2cccc(C)c2)=N1.CC. The molecular formula is C28H35N3. The van der Waals surface area contributed by atoms with Crippen LogP contribution >= 0.6 is 0 Å². The first kappa shape index (κ1) is 24.1. The van der Waals surface area contributed by atoms with Gasteiger partial charge in [-0.15, -0.1) is 0 Å². The number of benzene rings is 2. The van der Waals surface area contributed by atoms with Crippen molar-refractivity contribution in [1.82, 2.24) is 5.32 Å². The molecule has 2 aromatic rings. The van der Waals surface area contributed by atoms with Crippen LogP contribution in [0.25, 0.3) is 0 Å². The van der Waals surface area contributed by atoms with Crippen LogP contribution in [0.2, 0.25) is 0 Å². The minimum atomic E-state index is -0.345. The standard InChI is InChI=1S/C22H21N3.C4H8.C2H6/c1-4-10-17(5-2)20-23-21(18-12-7-6-8-13-18)25-22(24-20)19-14-9-11-16(3)15-19;1-2-4-3-1;1-2/h4-15,20H,1-2H2,3H3,(H,23,24,25);1-4H2;1-2H3/b17-10+;;. The van der Waals surface area contributed by atoms with E-state index in [-0.39, 0.29) is 6.17 Å². The molecule has 1 aliphatic carbocycles. The summed E-state index contributed by atoms with van der Waals surface area (Å²) < 4.78 is 0. The highest BCUT2D eigenvalue weighted by Gasteiger charge is 2.20. The van der Waals surface area contributed by atoms with Crippen molar-refractivity contribution in [2.75, 3.05) is 0 Å². The van der Waals surface area contributed by atoms with Gasteiger partial charge in [0.2, 0.25) is 0 Å². The predicted octanol–water partition coefficient (Wildman–Crippen LogP) is 7.00. The van der Waals surface area contributed by atoms with E-state index in [1.807, 2.05) is 56.3 Å². The average Bonchev–Trinajstić information content (AvgIpc) is 2.78. The monoisotopic (exact) mass is 413 g/mol. The molecule has 0 aromatic heterocycles. The second-order valence-electron chi connectivity index (χ2n) is 7.21. The topological polar surface area (TPSA) is 36.8 Å². The van der Waals surface area contributed by atoms with E-state index in [0.717, 1.165) is 28.4 Å². The molecule has 1 unspecified atom stereocenters. The van der Waals surface area contributed by atoms with Crippen LogP contribution in [0.5, 0.6) is 0 Å². The molecule has 31 heavy (non-hydrogen) atoms. The van der Waals surface area contributed by atoms with Crippen molar-refractivity contribution < 1.29 is 0 Å². The molecule has 0 amide bonds. The second kappa shape index (κ2) is 13.2. The third kappa shape index (κ3) is 7.21. The van der Waals surface area contributed by atoms with Crippen LogP contribution in [-0.4, -0.2) is 17.8 Å². The van der Waals surface area contributed by atoms with Gasteiger partial charge in [0.15, 0.2) is 6.17 Å². The zero-order chi connectivity index (χ0) is 22.5. The van der Waals surface area contributed by atoms with Crippen molar-refractivity contribution in [2.45, 2.75) is 52.6 Å². The third-order valence-electron chi connectivity index (χ3n) is 4.92. The van der Waals surface area contributed by atoms with Gasteiger partial charge in [0.05, 0.1) is 0 Å². The summed E-state index contributed by atoms with van der Waals surface area (Å²) in [4.78, 5) is 9.56. The lowest BCUT2D eigenvalue weighted by Crippen LogP contribution is -2.38. The Hall–Kier alpha value is -3.20. The van der Waals surface area contributed by atoms with Gasteiger partial charge in [-0.25, -0.2) is 9.98 Å². The van der Waals surface area contributed by atoms with E-state index in [1.54, 1.807) is 12.2 Å². The number of nitrogens with one attached hydrogen (secondary N) is 1. The number of rotatable bonds is 5. The zero-order valence-electron chi connectivity index (χ0n) is 19.1. The molecule has 2 aliphatic rings. The van der Waals surface area contributed by atoms with Crippen molar-refractivity contribution in [3.63, 3.8) is 0 Å². The summed E-state index contributed by atoms with van der Waals surface area (Å²) in [6.45, 7) is 13.7. The van der Waals surface area contributed by atoms with Crippen molar-refractivity contribution in [2.24, 2.45) is 9.98 Å². The summed E-state index contributed by atoms with van der Waals surface area (Å²) in [5, 5.41) is 3.38. The summed E-state index contributed by atoms with van der Waals surface area (Å²) in [5.41, 5.74) is 4.16. The molecule has 1 fully saturated rings. The average molecular weight is 414 g/mol. The Bertz CT molecular complexity index is 928. The van der Waals surface area contributed by atoms with Gasteiger partial charge in [0, 0.05) is 11.1 Å². The van der Waals surface area contributed by atoms with E-state index >= 15 is 0 Å². The number of nitrogens with zero attached hydrogens (tertiary/aromatic N) is 2. The number of aryl methyl sites for hydroxylation is 1. The van der Waals surface area contributed by atoms with Crippen LogP contribution in [0.4, 0.5) is 0 Å². The van der Waals surface area contributed by atoms with Crippen LogP contribution in [-0.2, 0) is 0 Å². The highest BCUT2D eigenvalue weighted by molar-refractivity contribution is 6.16. The molecule has 0 saturated heterocycles. The minimum Gasteiger partial charge on any atom is -0.324 e. The van der Waals surface area contributed by atoms with Crippen molar-refractivity contribution in [1.29, 1.82) is 0 Å². The molecule has 3 heteroatoms. The van der Waals surface area contributed by atoms with Gasteiger partial charge >= 0.3 is 0 Å². The van der Waals surface area contributed by atoms with Gasteiger partial charge in [-0.1, -0.05) is 125 Å². The molecule has 0 spiro atoms. The Kier molecular flexibility index (Phi) is 10.2. The highest BCUT2D eigenvalue weighted by atomic mass is 15.2. The summed E-state index contributed by atoms with van der Waals surface area (Å²) in [7, 11) is 0. The van der Waals surface area contributed by atoms with Gasteiger partial charge in [-0.05, 0) is 18.6 Å². The zero-order valence-corrected chi connectivity index (χ0v) is 19.1. The Labute approximate surface area is 188 Å². The van der Waals surface area contributed by atoms with E-state index < -0.39 is 0 Å². The van der Waals surface area contributed by atoms with Crippen molar-refractivity contribution >= 4 is 11.7 Å². The van der Waals surface area contributed by atoms with E-state index in [4.69, 9.17) is 9.98 Å². The molecule has 1 N–H and O–H groups in total. The molecule has 1 aliphatic heterocycles. The lowest BCUT2D eigenvalue weighted by molar-refractivity contribution is 0.504. The van der Waals surface area contributed by atoms with Gasteiger partial charge in [-0.3, -0.25) is 0 Å². The first-order valence-electron chi connectivity index (χ1n) is 11.2. The minimum absolute atomic E-state index is 0.345. The number of hydrogen-bond acceptors (Lipinski definition) is 3. The van der Waals surface area contributed by atoms with Crippen LogP contribution < -0.4 is 5.32 Å². The second-order valence-corrected chi connectivity index (χ2v) is 7.21. The molecule has 2 aromatic carbocycles. The maximum absolute atomic E-state index is 4.79. The smallest absolute Gasteiger partial charge is 0.169 e. The highest BCUT2D eigenvalue weighted by Crippen LogP contribution is 2.18. The number of hydrogen-bond donors (Lipinski definition) is 1. The van der Waals surface area contributed by atoms with E-state index in [2.05, 4.69) is 43.6 Å². The summed E-state index contributed by atoms with van der Waals surface area (Å²) >= 11 is 0. The van der Waals surface area contributed by atoms with Crippen molar-refractivity contribution in [3.05, 3.63) is 108 Å². The molecule has 4 rings (SSSR count). The van der Waals surface area contributed by atoms with Crippen LogP contribution in [0.1, 0.15) is 56.2 Å². The number of amidine groups is 2. The molecule has 3 nitrogen and oxygen atoms in total. The first-order valence-corrected chi connectivity index (χ1v) is 11.2. The largest absolute Gasteiger partial charge is 0.324 e. The van der Waals surface area contributed by atoms with Crippen LogP contribution in [0.3, 0.4) is 0 Å². The van der Waals surface area contributed by atoms with Crippen molar-refractivity contribution in [3.8, 4) is 0 Å². The van der Waals surface area contributed by atoms with Crippen LogP contribution in [0, 0.1) is 6.92 Å². The molecule has 1 atom stereocenters. The Morgan fingerprint density at radius 2 is 1.45 bits per heavy atom. The van der Waals surface area contributed by atoms with E-state index in [0.29, 0.717) is 0 Å². The fraction of sp³-hybridized carbons (Fsp3) is 0.286. The maximum atomic E-state index is 4.79. The fourth-order valence-corrected chi connectivity index (χ4v) is 2.93. The quantitative estimate of drug-likeness (QED) is 0.526.